The van der Waals surface area contributed by atoms with Gasteiger partial charge in [0.1, 0.15) is 5.75 Å². The van der Waals surface area contributed by atoms with Gasteiger partial charge >= 0.3 is 6.61 Å². The summed E-state index contributed by atoms with van der Waals surface area (Å²) in [4.78, 5) is 13.1. The van der Waals surface area contributed by atoms with Gasteiger partial charge in [-0.2, -0.15) is 8.78 Å². The Hall–Kier alpha value is -2.80. The average Bonchev–Trinajstić information content (AvgIpc) is 2.61. The molecule has 7 heteroatoms. The molecule has 0 amide bonds. The molecular weight excluding hydrogens is 358 g/mol. The third-order valence-electron chi connectivity index (χ3n) is 4.00. The standard InChI is InChI=1S/C19H16F2N2O2S/c1-11-15(17(24)12-7-3-2-4-8-12)16(23-19(26)22-11)13-9-5-6-10-14(13)25-18(20)21/h2-10,16,18H,1H3,(H2,22,23,26)/t16-/m0/s1. The highest BCUT2D eigenvalue weighted by Gasteiger charge is 2.32. The quantitative estimate of drug-likeness (QED) is 0.613. The molecular formula is C19H16F2N2O2S. The van der Waals surface area contributed by atoms with Crippen LogP contribution in [0.1, 0.15) is 28.9 Å². The van der Waals surface area contributed by atoms with Gasteiger partial charge in [-0.15, -0.1) is 0 Å². The predicted octanol–water partition coefficient (Wildman–Crippen LogP) is 3.96. The molecule has 0 aliphatic carbocycles. The number of allylic oxidation sites excluding steroid dienone is 1. The van der Waals surface area contributed by atoms with Gasteiger partial charge < -0.3 is 15.4 Å². The van der Waals surface area contributed by atoms with Crippen LogP contribution in [0.4, 0.5) is 8.78 Å². The van der Waals surface area contributed by atoms with Crippen LogP contribution in [0, 0.1) is 0 Å². The van der Waals surface area contributed by atoms with E-state index in [2.05, 4.69) is 15.4 Å². The van der Waals surface area contributed by atoms with Crippen molar-refractivity contribution >= 4 is 23.1 Å². The predicted molar refractivity (Wildman–Crippen MR) is 98.2 cm³/mol. The van der Waals surface area contributed by atoms with Crippen molar-refractivity contribution in [1.29, 1.82) is 0 Å². The fraction of sp³-hybridized carbons (Fsp3) is 0.158. The number of para-hydroxylation sites is 1. The number of carbonyl (C=O) groups excluding carboxylic acids is 1. The molecule has 134 valence electrons. The summed E-state index contributed by atoms with van der Waals surface area (Å²) < 4.78 is 30.2. The minimum Gasteiger partial charge on any atom is -0.434 e. The van der Waals surface area contributed by atoms with Crippen molar-refractivity contribution in [2.75, 3.05) is 0 Å². The maximum atomic E-state index is 13.1. The number of thiocarbonyl (C=S) groups is 1. The number of benzene rings is 2. The Morgan fingerprint density at radius 3 is 2.46 bits per heavy atom. The van der Waals surface area contributed by atoms with Crippen molar-refractivity contribution in [1.82, 2.24) is 10.6 Å². The van der Waals surface area contributed by atoms with Crippen molar-refractivity contribution in [3.05, 3.63) is 77.0 Å². The molecule has 0 saturated heterocycles. The van der Waals surface area contributed by atoms with Crippen LogP contribution < -0.4 is 15.4 Å². The Morgan fingerprint density at radius 1 is 1.12 bits per heavy atom. The molecule has 0 radical (unpaired) electrons. The Labute approximate surface area is 154 Å². The van der Waals surface area contributed by atoms with Crippen molar-refractivity contribution in [2.45, 2.75) is 19.6 Å². The van der Waals surface area contributed by atoms with E-state index in [4.69, 9.17) is 12.2 Å². The summed E-state index contributed by atoms with van der Waals surface area (Å²) >= 11 is 5.19. The van der Waals surface area contributed by atoms with E-state index in [1.54, 1.807) is 49.4 Å². The zero-order valence-electron chi connectivity index (χ0n) is 13.8. The van der Waals surface area contributed by atoms with Gasteiger partial charge in [-0.1, -0.05) is 48.5 Å². The fourth-order valence-corrected chi connectivity index (χ4v) is 3.17. The molecule has 1 aliphatic heterocycles. The molecule has 1 aliphatic rings. The number of hydrogen-bond acceptors (Lipinski definition) is 3. The van der Waals surface area contributed by atoms with E-state index in [1.807, 2.05) is 6.07 Å². The molecule has 0 aromatic heterocycles. The monoisotopic (exact) mass is 374 g/mol. The van der Waals surface area contributed by atoms with Crippen LogP contribution in [0.3, 0.4) is 0 Å². The van der Waals surface area contributed by atoms with E-state index >= 15 is 0 Å². The number of hydrogen-bond donors (Lipinski definition) is 2. The first kappa shape index (κ1) is 18.0. The van der Waals surface area contributed by atoms with E-state index in [0.29, 0.717) is 27.5 Å². The largest absolute Gasteiger partial charge is 0.434 e. The highest BCUT2D eigenvalue weighted by molar-refractivity contribution is 7.80. The molecule has 0 fully saturated rings. The molecule has 3 rings (SSSR count). The number of halogens is 2. The molecule has 0 unspecified atom stereocenters. The van der Waals surface area contributed by atoms with Crippen LogP contribution in [0.2, 0.25) is 0 Å². The highest BCUT2D eigenvalue weighted by Crippen LogP contribution is 2.35. The Kier molecular flexibility index (Phi) is 5.27. The number of alkyl halides is 2. The summed E-state index contributed by atoms with van der Waals surface area (Å²) in [6.45, 7) is -1.24. The van der Waals surface area contributed by atoms with Gasteiger partial charge in [0.2, 0.25) is 0 Å². The van der Waals surface area contributed by atoms with Crippen molar-refractivity contribution < 1.29 is 18.3 Å². The van der Waals surface area contributed by atoms with Crippen molar-refractivity contribution in [2.24, 2.45) is 0 Å². The minimum atomic E-state index is -2.97. The van der Waals surface area contributed by atoms with Crippen LogP contribution in [0.25, 0.3) is 0 Å². The summed E-state index contributed by atoms with van der Waals surface area (Å²) in [6, 6.07) is 14.4. The second-order valence-corrected chi connectivity index (χ2v) is 6.09. The minimum absolute atomic E-state index is 0.00383. The van der Waals surface area contributed by atoms with Gasteiger partial charge in [-0.25, -0.2) is 0 Å². The number of ether oxygens (including phenoxy) is 1. The highest BCUT2D eigenvalue weighted by atomic mass is 32.1. The fourth-order valence-electron chi connectivity index (χ4n) is 2.90. The molecule has 1 atom stereocenters. The van der Waals surface area contributed by atoms with E-state index in [-0.39, 0.29) is 11.5 Å². The van der Waals surface area contributed by atoms with Crippen LogP contribution in [0.5, 0.6) is 5.75 Å². The number of Topliss-reactive ketones (excluding diaryl/α,β-unsaturated/α-hetero) is 1. The van der Waals surface area contributed by atoms with Gasteiger partial charge in [0.25, 0.3) is 0 Å². The van der Waals surface area contributed by atoms with Gasteiger partial charge in [0.15, 0.2) is 10.9 Å². The van der Waals surface area contributed by atoms with Crippen LogP contribution in [0.15, 0.2) is 65.9 Å². The third-order valence-corrected chi connectivity index (χ3v) is 4.22. The van der Waals surface area contributed by atoms with E-state index in [9.17, 15) is 13.6 Å². The molecule has 2 aromatic carbocycles. The topological polar surface area (TPSA) is 50.4 Å². The average molecular weight is 374 g/mol. The summed E-state index contributed by atoms with van der Waals surface area (Å²) in [5, 5.41) is 6.23. The maximum Gasteiger partial charge on any atom is 0.387 e. The van der Waals surface area contributed by atoms with Gasteiger partial charge in [0, 0.05) is 22.4 Å². The Balaban J connectivity index is 2.09. The summed E-state index contributed by atoms with van der Waals surface area (Å²) in [5.74, 6) is -0.224. The zero-order valence-corrected chi connectivity index (χ0v) is 14.6. The molecule has 1 heterocycles. The van der Waals surface area contributed by atoms with Gasteiger partial charge in [-0.05, 0) is 25.2 Å². The van der Waals surface area contributed by atoms with Gasteiger partial charge in [-0.3, -0.25) is 4.79 Å². The molecule has 0 saturated carbocycles. The number of rotatable bonds is 5. The van der Waals surface area contributed by atoms with Crippen molar-refractivity contribution in [3.8, 4) is 5.75 Å². The summed E-state index contributed by atoms with van der Waals surface area (Å²) in [7, 11) is 0. The lowest BCUT2D eigenvalue weighted by atomic mass is 9.89. The molecule has 4 nitrogen and oxygen atoms in total. The van der Waals surface area contributed by atoms with E-state index < -0.39 is 12.7 Å². The summed E-state index contributed by atoms with van der Waals surface area (Å²) in [5.41, 5.74) is 1.88. The molecule has 2 N–H and O–H groups in total. The zero-order chi connectivity index (χ0) is 18.7. The van der Waals surface area contributed by atoms with E-state index in [0.717, 1.165) is 0 Å². The lowest BCUT2D eigenvalue weighted by Gasteiger charge is -2.31. The number of nitrogens with one attached hydrogen (secondary N) is 2. The number of carbonyl (C=O) groups is 1. The second kappa shape index (κ2) is 7.61. The van der Waals surface area contributed by atoms with Crippen molar-refractivity contribution in [3.63, 3.8) is 0 Å². The first-order valence-electron chi connectivity index (χ1n) is 7.89. The molecule has 0 spiro atoms. The molecule has 26 heavy (non-hydrogen) atoms. The first-order chi connectivity index (χ1) is 12.5. The SMILES string of the molecule is CC1=C(C(=O)c2ccccc2)[C@H](c2ccccc2OC(F)F)NC(=S)N1. The molecule has 2 aromatic rings. The van der Waals surface area contributed by atoms with Crippen LogP contribution >= 0.6 is 12.2 Å². The van der Waals surface area contributed by atoms with Gasteiger partial charge in [0.05, 0.1) is 6.04 Å². The van der Waals surface area contributed by atoms with Crippen LogP contribution in [-0.4, -0.2) is 17.5 Å². The smallest absolute Gasteiger partial charge is 0.387 e. The third kappa shape index (κ3) is 3.72. The maximum absolute atomic E-state index is 13.1. The Bertz CT molecular complexity index is 869. The lowest BCUT2D eigenvalue weighted by molar-refractivity contribution is -0.0505. The lowest BCUT2D eigenvalue weighted by Crippen LogP contribution is -2.45. The normalized spacial score (nSPS) is 16.9. The second-order valence-electron chi connectivity index (χ2n) is 5.68. The van der Waals surface area contributed by atoms with Crippen LogP contribution in [-0.2, 0) is 0 Å². The summed E-state index contributed by atoms with van der Waals surface area (Å²) in [6.07, 6.45) is 0. The first-order valence-corrected chi connectivity index (χ1v) is 8.30. The van der Waals surface area contributed by atoms with E-state index in [1.165, 1.54) is 6.07 Å². The Morgan fingerprint density at radius 2 is 1.77 bits per heavy atom. The number of ketones is 1. The molecule has 0 bridgehead atoms.